The quantitative estimate of drug-likeness (QED) is 0.160. The summed E-state index contributed by atoms with van der Waals surface area (Å²) >= 11 is 0. The van der Waals surface area contributed by atoms with Crippen LogP contribution in [0.1, 0.15) is 116 Å². The molecule has 3 rings (SSSR count). The molecule has 1 aliphatic carbocycles. The molecule has 194 valence electrons. The number of aromatic nitrogens is 2. The van der Waals surface area contributed by atoms with Gasteiger partial charge in [-0.05, 0) is 80.7 Å². The number of nitrogens with zero attached hydrogens (tertiary/aromatic N) is 3. The van der Waals surface area contributed by atoms with Crippen molar-refractivity contribution in [3.05, 3.63) is 42.2 Å². The molecule has 0 amide bonds. The highest BCUT2D eigenvalue weighted by molar-refractivity contribution is 5.81. The lowest BCUT2D eigenvalue weighted by molar-refractivity contribution is -0.142. The van der Waals surface area contributed by atoms with Gasteiger partial charge in [0.05, 0.1) is 6.07 Å². The van der Waals surface area contributed by atoms with Crippen molar-refractivity contribution in [1.82, 2.24) is 9.97 Å². The van der Waals surface area contributed by atoms with E-state index in [1.54, 1.807) is 19.1 Å². The normalized spacial score (nSPS) is 19.3. The molecule has 0 spiro atoms. The predicted octanol–water partition coefficient (Wildman–Crippen LogP) is 8.40. The molecule has 5 heteroatoms. The summed E-state index contributed by atoms with van der Waals surface area (Å²) in [5.74, 6) is 2.05. The van der Waals surface area contributed by atoms with Gasteiger partial charge in [0.25, 0.3) is 0 Å². The van der Waals surface area contributed by atoms with E-state index in [4.69, 9.17) is 4.74 Å². The van der Waals surface area contributed by atoms with E-state index < -0.39 is 11.4 Å². The fourth-order valence-electron chi connectivity index (χ4n) is 5.29. The monoisotopic (exact) mass is 489 g/mol. The van der Waals surface area contributed by atoms with Gasteiger partial charge >= 0.3 is 5.97 Å². The lowest BCUT2D eigenvalue weighted by atomic mass is 9.77. The lowest BCUT2D eigenvalue weighted by Gasteiger charge is -2.28. The number of hydrogen-bond donors (Lipinski definition) is 0. The van der Waals surface area contributed by atoms with Crippen molar-refractivity contribution in [3.63, 3.8) is 0 Å². The Balaban J connectivity index is 1.47. The summed E-state index contributed by atoms with van der Waals surface area (Å²) in [6, 6.07) is 9.28. The zero-order chi connectivity index (χ0) is 25.8. The molecule has 36 heavy (non-hydrogen) atoms. The van der Waals surface area contributed by atoms with E-state index in [1.165, 1.54) is 76.2 Å². The molecule has 1 heterocycles. The molecule has 1 atom stereocenters. The van der Waals surface area contributed by atoms with Crippen LogP contribution in [0.2, 0.25) is 0 Å². The molecule has 1 unspecified atom stereocenters. The molecule has 0 saturated heterocycles. The van der Waals surface area contributed by atoms with Crippen molar-refractivity contribution >= 4 is 5.97 Å². The van der Waals surface area contributed by atoms with Crippen molar-refractivity contribution in [3.8, 4) is 23.2 Å². The summed E-state index contributed by atoms with van der Waals surface area (Å²) in [6.45, 7) is 5.85. The van der Waals surface area contributed by atoms with Gasteiger partial charge in [0, 0.05) is 18.0 Å². The third-order valence-electron chi connectivity index (χ3n) is 7.73. The molecule has 0 aliphatic heterocycles. The maximum absolute atomic E-state index is 12.4. The topological polar surface area (TPSA) is 75.9 Å². The van der Waals surface area contributed by atoms with E-state index in [0.717, 1.165) is 17.9 Å². The highest BCUT2D eigenvalue weighted by Crippen LogP contribution is 2.37. The van der Waals surface area contributed by atoms with Gasteiger partial charge in [0.1, 0.15) is 5.75 Å². The number of ether oxygens (including phenoxy) is 1. The van der Waals surface area contributed by atoms with Crippen LogP contribution in [0.15, 0.2) is 36.7 Å². The Bertz CT molecular complexity index is 972. The Kier molecular flexibility index (Phi) is 10.9. The summed E-state index contributed by atoms with van der Waals surface area (Å²) in [7, 11) is 0. The first-order valence-corrected chi connectivity index (χ1v) is 14.0. The Morgan fingerprint density at radius 1 is 0.972 bits per heavy atom. The van der Waals surface area contributed by atoms with Crippen LogP contribution in [0.5, 0.6) is 5.75 Å². The second kappa shape index (κ2) is 14.1. The van der Waals surface area contributed by atoms with Crippen molar-refractivity contribution in [2.75, 3.05) is 0 Å². The molecular weight excluding hydrogens is 446 g/mol. The summed E-state index contributed by atoms with van der Waals surface area (Å²) in [4.78, 5) is 21.7. The number of esters is 1. The number of nitriles is 1. The maximum Gasteiger partial charge on any atom is 0.331 e. The number of carbonyl (C=O) groups excluding carboxylic acids is 1. The highest BCUT2D eigenvalue weighted by atomic mass is 16.5. The second-order valence-corrected chi connectivity index (χ2v) is 10.7. The van der Waals surface area contributed by atoms with Gasteiger partial charge in [0.15, 0.2) is 11.2 Å². The molecule has 1 aromatic carbocycles. The smallest absolute Gasteiger partial charge is 0.331 e. The highest BCUT2D eigenvalue weighted by Gasteiger charge is 2.34. The Morgan fingerprint density at radius 3 is 2.22 bits per heavy atom. The molecule has 0 bridgehead atoms. The minimum Gasteiger partial charge on any atom is -0.425 e. The first-order valence-electron chi connectivity index (χ1n) is 14.0. The van der Waals surface area contributed by atoms with Gasteiger partial charge in [-0.3, -0.25) is 0 Å². The van der Waals surface area contributed by atoms with Crippen LogP contribution in [-0.2, 0) is 4.79 Å². The molecule has 0 N–H and O–H groups in total. The van der Waals surface area contributed by atoms with Crippen LogP contribution in [-0.4, -0.2) is 15.9 Å². The van der Waals surface area contributed by atoms with Crippen molar-refractivity contribution < 1.29 is 9.53 Å². The van der Waals surface area contributed by atoms with Crippen LogP contribution < -0.4 is 4.74 Å². The van der Waals surface area contributed by atoms with Gasteiger partial charge in [0.2, 0.25) is 0 Å². The Morgan fingerprint density at radius 2 is 1.61 bits per heavy atom. The number of hydrogen-bond acceptors (Lipinski definition) is 5. The number of rotatable bonds is 13. The molecule has 5 nitrogen and oxygen atoms in total. The predicted molar refractivity (Wildman–Crippen MR) is 144 cm³/mol. The zero-order valence-electron chi connectivity index (χ0n) is 22.5. The van der Waals surface area contributed by atoms with Gasteiger partial charge in [-0.1, -0.05) is 65.2 Å². The largest absolute Gasteiger partial charge is 0.425 e. The minimum absolute atomic E-state index is 0.427. The van der Waals surface area contributed by atoms with E-state index in [0.29, 0.717) is 23.9 Å². The third kappa shape index (κ3) is 7.88. The molecular formula is C31H43N3O2. The van der Waals surface area contributed by atoms with Gasteiger partial charge in [-0.25, -0.2) is 14.8 Å². The van der Waals surface area contributed by atoms with E-state index in [-0.39, 0.29) is 0 Å². The maximum atomic E-state index is 12.4. The average molecular weight is 490 g/mol. The summed E-state index contributed by atoms with van der Waals surface area (Å²) in [6.07, 6.45) is 20.0. The Labute approximate surface area is 217 Å². The van der Waals surface area contributed by atoms with Gasteiger partial charge < -0.3 is 4.74 Å². The average Bonchev–Trinajstić information content (AvgIpc) is 2.91. The van der Waals surface area contributed by atoms with Crippen LogP contribution in [0, 0.1) is 22.7 Å². The number of benzene rings is 1. The molecule has 0 radical (unpaired) electrons. The van der Waals surface area contributed by atoms with Crippen molar-refractivity contribution in [2.45, 2.75) is 110 Å². The first kappa shape index (κ1) is 27.8. The van der Waals surface area contributed by atoms with E-state index in [9.17, 15) is 10.1 Å². The van der Waals surface area contributed by atoms with E-state index in [1.807, 2.05) is 31.5 Å². The fraction of sp³-hybridized carbons (Fsp3) is 0.613. The molecule has 1 aliphatic rings. The van der Waals surface area contributed by atoms with Crippen LogP contribution in [0.25, 0.3) is 11.4 Å². The van der Waals surface area contributed by atoms with Crippen LogP contribution >= 0.6 is 0 Å². The standard InChI is InChI=1S/C31H43N3O2/c1-4-6-7-8-9-10-11-24-12-14-25(15-13-24)27-21-33-29(34-22-27)26-16-18-28(19-17-26)36-30(35)31(3,23-32)20-5-2/h16-19,21-22,24-25H,4-15,20H2,1-3H3. The zero-order valence-corrected chi connectivity index (χ0v) is 22.5. The number of carbonyl (C=O) groups is 1. The SMILES string of the molecule is CCCCCCCCC1CCC(c2cnc(-c3ccc(OC(=O)C(C)(C#N)CCC)cc3)nc2)CC1. The van der Waals surface area contributed by atoms with Crippen molar-refractivity contribution in [2.24, 2.45) is 11.3 Å². The summed E-state index contributed by atoms with van der Waals surface area (Å²) in [5, 5.41) is 9.39. The number of unbranched alkanes of at least 4 members (excludes halogenated alkanes) is 5. The summed E-state index contributed by atoms with van der Waals surface area (Å²) < 4.78 is 5.46. The Hall–Kier alpha value is -2.74. The molecule has 1 fully saturated rings. The minimum atomic E-state index is -1.13. The second-order valence-electron chi connectivity index (χ2n) is 10.7. The lowest BCUT2D eigenvalue weighted by Crippen LogP contribution is -2.30. The summed E-state index contributed by atoms with van der Waals surface area (Å²) in [5.41, 5.74) is 0.995. The molecule has 1 saturated carbocycles. The third-order valence-corrected chi connectivity index (χ3v) is 7.73. The van der Waals surface area contributed by atoms with Crippen LogP contribution in [0.3, 0.4) is 0 Å². The van der Waals surface area contributed by atoms with E-state index >= 15 is 0 Å². The molecule has 2 aromatic rings. The molecule has 1 aromatic heterocycles. The van der Waals surface area contributed by atoms with Gasteiger partial charge in [-0.15, -0.1) is 0 Å². The van der Waals surface area contributed by atoms with Crippen LogP contribution in [0.4, 0.5) is 0 Å². The van der Waals surface area contributed by atoms with Gasteiger partial charge in [-0.2, -0.15) is 5.26 Å². The van der Waals surface area contributed by atoms with Crippen molar-refractivity contribution in [1.29, 1.82) is 5.26 Å². The first-order chi connectivity index (χ1) is 17.5. The fourth-order valence-corrected chi connectivity index (χ4v) is 5.29. The van der Waals surface area contributed by atoms with E-state index in [2.05, 4.69) is 23.0 Å².